The summed E-state index contributed by atoms with van der Waals surface area (Å²) in [6.07, 6.45) is 5.25. The van der Waals surface area contributed by atoms with Crippen LogP contribution >= 0.6 is 0 Å². The molecule has 1 fully saturated rings. The van der Waals surface area contributed by atoms with Gasteiger partial charge in [-0.3, -0.25) is 0 Å². The van der Waals surface area contributed by atoms with Crippen molar-refractivity contribution in [3.05, 3.63) is 23.3 Å². The minimum atomic E-state index is -0.0893. The van der Waals surface area contributed by atoms with E-state index in [9.17, 15) is 0 Å². The van der Waals surface area contributed by atoms with Crippen molar-refractivity contribution in [1.82, 2.24) is 15.3 Å². The molecule has 2 aliphatic rings. The fourth-order valence-corrected chi connectivity index (χ4v) is 2.91. The number of nitrogens with one attached hydrogen (secondary N) is 1. The minimum Gasteiger partial charge on any atom is -0.376 e. The monoisotopic (exact) mass is 277 g/mol. The van der Waals surface area contributed by atoms with Crippen molar-refractivity contribution in [3.8, 4) is 0 Å². The van der Waals surface area contributed by atoms with E-state index in [1.807, 2.05) is 6.20 Å². The normalized spacial score (nSPS) is 26.2. The highest BCUT2D eigenvalue weighted by Crippen LogP contribution is 2.25. The first-order valence-corrected chi connectivity index (χ1v) is 7.61. The highest BCUT2D eigenvalue weighted by molar-refractivity contribution is 5.22. The molecule has 2 heterocycles. The first-order valence-electron chi connectivity index (χ1n) is 7.61. The summed E-state index contributed by atoms with van der Waals surface area (Å²) in [5.74, 6) is 1.50. The lowest BCUT2D eigenvalue weighted by Gasteiger charge is -2.26. The maximum absolute atomic E-state index is 5.67. The molecule has 0 saturated carbocycles. The molecule has 1 aliphatic heterocycles. The Kier molecular flexibility index (Phi) is 4.60. The number of ether oxygens (including phenoxy) is 2. The Hall–Kier alpha value is -1.04. The topological polar surface area (TPSA) is 56.3 Å². The number of rotatable bonds is 4. The van der Waals surface area contributed by atoms with E-state index in [1.165, 1.54) is 17.7 Å². The average molecular weight is 277 g/mol. The highest BCUT2D eigenvalue weighted by atomic mass is 16.6. The molecule has 0 spiro atoms. The lowest BCUT2D eigenvalue weighted by Crippen LogP contribution is -2.29. The molecule has 2 unspecified atom stereocenters. The number of nitrogens with zero attached hydrogens (tertiary/aromatic N) is 2. The van der Waals surface area contributed by atoms with Gasteiger partial charge in [-0.2, -0.15) is 0 Å². The van der Waals surface area contributed by atoms with E-state index in [0.717, 1.165) is 31.8 Å². The number of fused-ring (bicyclic) bond motifs is 1. The molecule has 2 atom stereocenters. The number of hydrogen-bond acceptors (Lipinski definition) is 5. The van der Waals surface area contributed by atoms with Gasteiger partial charge >= 0.3 is 0 Å². The van der Waals surface area contributed by atoms with Gasteiger partial charge in [-0.1, -0.05) is 6.92 Å². The van der Waals surface area contributed by atoms with Gasteiger partial charge in [0.05, 0.1) is 19.8 Å². The lowest BCUT2D eigenvalue weighted by molar-refractivity contribution is -0.0936. The van der Waals surface area contributed by atoms with E-state index in [2.05, 4.69) is 17.2 Å². The third kappa shape index (κ3) is 3.16. The van der Waals surface area contributed by atoms with Gasteiger partial charge < -0.3 is 14.8 Å². The van der Waals surface area contributed by atoms with Gasteiger partial charge in [-0.15, -0.1) is 0 Å². The summed E-state index contributed by atoms with van der Waals surface area (Å²) in [6, 6.07) is 0. The Labute approximate surface area is 120 Å². The molecule has 0 radical (unpaired) electrons. The maximum atomic E-state index is 5.67. The van der Waals surface area contributed by atoms with E-state index in [-0.39, 0.29) is 6.10 Å². The quantitative estimate of drug-likeness (QED) is 0.898. The summed E-state index contributed by atoms with van der Waals surface area (Å²) >= 11 is 0. The molecule has 5 heteroatoms. The predicted octanol–water partition coefficient (Wildman–Crippen LogP) is 1.28. The van der Waals surface area contributed by atoms with Crippen LogP contribution in [0.3, 0.4) is 0 Å². The summed E-state index contributed by atoms with van der Waals surface area (Å²) in [5.41, 5.74) is 2.51. The van der Waals surface area contributed by atoms with Crippen LogP contribution < -0.4 is 5.32 Å². The molecule has 1 N–H and O–H groups in total. The van der Waals surface area contributed by atoms with Crippen LogP contribution in [0, 0.1) is 5.92 Å². The van der Waals surface area contributed by atoms with Crippen LogP contribution in [0.1, 0.15) is 36.5 Å². The van der Waals surface area contributed by atoms with Gasteiger partial charge in [0.15, 0.2) is 5.82 Å². The van der Waals surface area contributed by atoms with Crippen LogP contribution in [-0.4, -0.2) is 42.9 Å². The smallest absolute Gasteiger partial charge is 0.159 e. The number of aromatic nitrogens is 2. The first-order chi connectivity index (χ1) is 9.86. The second-order valence-corrected chi connectivity index (χ2v) is 5.55. The molecule has 0 aromatic carbocycles. The van der Waals surface area contributed by atoms with Crippen LogP contribution in [0.2, 0.25) is 0 Å². The first kappa shape index (κ1) is 13.9. The zero-order valence-corrected chi connectivity index (χ0v) is 12.1. The van der Waals surface area contributed by atoms with Crippen molar-refractivity contribution < 1.29 is 9.47 Å². The molecule has 5 nitrogen and oxygen atoms in total. The van der Waals surface area contributed by atoms with Gasteiger partial charge in [0.25, 0.3) is 0 Å². The van der Waals surface area contributed by atoms with E-state index in [4.69, 9.17) is 14.5 Å². The van der Waals surface area contributed by atoms with E-state index >= 15 is 0 Å². The van der Waals surface area contributed by atoms with Gasteiger partial charge in [-0.05, 0) is 43.8 Å². The lowest BCUT2D eigenvalue weighted by atomic mass is 9.87. The molecule has 3 rings (SSSR count). The minimum absolute atomic E-state index is 0.0893. The molecule has 0 amide bonds. The zero-order chi connectivity index (χ0) is 13.8. The average Bonchev–Trinajstić information content (AvgIpc) is 2.53. The molecule has 1 aromatic heterocycles. The van der Waals surface area contributed by atoms with Crippen molar-refractivity contribution in [2.24, 2.45) is 5.92 Å². The Bertz CT molecular complexity index is 447. The Morgan fingerprint density at radius 2 is 2.35 bits per heavy atom. The Morgan fingerprint density at radius 1 is 1.40 bits per heavy atom. The van der Waals surface area contributed by atoms with Gasteiger partial charge in [0.2, 0.25) is 0 Å². The number of hydrogen-bond donors (Lipinski definition) is 1. The molecule has 110 valence electrons. The summed E-state index contributed by atoms with van der Waals surface area (Å²) in [6.45, 7) is 6.17. The van der Waals surface area contributed by atoms with Gasteiger partial charge in [0, 0.05) is 11.9 Å². The van der Waals surface area contributed by atoms with Crippen molar-refractivity contribution in [2.45, 2.75) is 32.3 Å². The van der Waals surface area contributed by atoms with Crippen molar-refractivity contribution >= 4 is 0 Å². The molecule has 1 aromatic rings. The molecular formula is C15H23N3O2. The third-order valence-electron chi connectivity index (χ3n) is 4.06. The Balaban J connectivity index is 1.68. The van der Waals surface area contributed by atoms with E-state index in [0.29, 0.717) is 25.7 Å². The second kappa shape index (κ2) is 6.61. The SMILES string of the molecule is CCNCC1CCc2nc(C3COCCO3)ncc2C1. The fraction of sp³-hybridized carbons (Fsp3) is 0.733. The molecular weight excluding hydrogens is 254 g/mol. The van der Waals surface area contributed by atoms with Crippen LogP contribution in [-0.2, 0) is 22.3 Å². The van der Waals surface area contributed by atoms with Gasteiger partial charge in [-0.25, -0.2) is 9.97 Å². The van der Waals surface area contributed by atoms with Crippen molar-refractivity contribution in [3.63, 3.8) is 0 Å². The predicted molar refractivity (Wildman–Crippen MR) is 75.6 cm³/mol. The molecule has 1 saturated heterocycles. The maximum Gasteiger partial charge on any atom is 0.159 e. The van der Waals surface area contributed by atoms with Crippen LogP contribution in [0.4, 0.5) is 0 Å². The van der Waals surface area contributed by atoms with E-state index < -0.39 is 0 Å². The summed E-state index contributed by atoms with van der Waals surface area (Å²) in [7, 11) is 0. The molecule has 0 bridgehead atoms. The Morgan fingerprint density at radius 3 is 3.15 bits per heavy atom. The highest BCUT2D eigenvalue weighted by Gasteiger charge is 2.24. The second-order valence-electron chi connectivity index (χ2n) is 5.55. The van der Waals surface area contributed by atoms with Gasteiger partial charge in [0.1, 0.15) is 6.10 Å². The van der Waals surface area contributed by atoms with Crippen LogP contribution in [0.15, 0.2) is 6.20 Å². The third-order valence-corrected chi connectivity index (χ3v) is 4.06. The zero-order valence-electron chi connectivity index (χ0n) is 12.1. The largest absolute Gasteiger partial charge is 0.376 e. The summed E-state index contributed by atoms with van der Waals surface area (Å²) < 4.78 is 11.1. The van der Waals surface area contributed by atoms with Crippen LogP contribution in [0.25, 0.3) is 0 Å². The fourth-order valence-electron chi connectivity index (χ4n) is 2.91. The molecule has 1 aliphatic carbocycles. The van der Waals surface area contributed by atoms with E-state index in [1.54, 1.807) is 0 Å². The van der Waals surface area contributed by atoms with Crippen molar-refractivity contribution in [1.29, 1.82) is 0 Å². The molecule has 20 heavy (non-hydrogen) atoms. The van der Waals surface area contributed by atoms with Crippen LogP contribution in [0.5, 0.6) is 0 Å². The summed E-state index contributed by atoms with van der Waals surface area (Å²) in [4.78, 5) is 9.21. The summed E-state index contributed by atoms with van der Waals surface area (Å²) in [5, 5.41) is 3.43. The van der Waals surface area contributed by atoms with Crippen molar-refractivity contribution in [2.75, 3.05) is 32.9 Å². The number of aryl methyl sites for hydroxylation is 1. The standard InChI is InChI=1S/C15H23N3O2/c1-2-16-8-11-3-4-13-12(7-11)9-17-15(18-13)14-10-19-5-6-20-14/h9,11,14,16H,2-8,10H2,1H3.